The van der Waals surface area contributed by atoms with Crippen LogP contribution in [0.25, 0.3) is 16.5 Å². The molecule has 2 bridgehead atoms. The molecule has 8 rings (SSSR count). The van der Waals surface area contributed by atoms with E-state index in [1.165, 1.54) is 0 Å². The maximum atomic E-state index is 14.3. The molecule has 5 N–H and O–H groups in total. The van der Waals surface area contributed by atoms with E-state index < -0.39 is 42.7 Å². The molecule has 2 saturated carbocycles. The predicted octanol–water partition coefficient (Wildman–Crippen LogP) is 4.76. The van der Waals surface area contributed by atoms with Crippen molar-refractivity contribution >= 4 is 34.5 Å². The number of ether oxygens (including phenoxy) is 4. The number of nitrogens with one attached hydrogen (secondary N) is 1. The Bertz CT molecular complexity index is 2100. The fourth-order valence-corrected chi connectivity index (χ4v) is 9.69. The summed E-state index contributed by atoms with van der Waals surface area (Å²) in [5.41, 5.74) is 3.38. The number of aldehydes is 1. The Labute approximate surface area is 319 Å². The van der Waals surface area contributed by atoms with Crippen LogP contribution < -0.4 is 14.2 Å². The third kappa shape index (κ3) is 6.27. The number of aliphatic hydroxyl groups excluding tert-OH is 3. The van der Waals surface area contributed by atoms with Crippen LogP contribution in [0.4, 0.5) is 0 Å². The highest BCUT2D eigenvalue weighted by molar-refractivity contribution is 6.11. The van der Waals surface area contributed by atoms with Crippen molar-refractivity contribution in [1.82, 2.24) is 4.98 Å². The summed E-state index contributed by atoms with van der Waals surface area (Å²) in [4.78, 5) is 44.6. The number of aliphatic hydroxyl groups is 4. The van der Waals surface area contributed by atoms with Crippen LogP contribution in [-0.2, 0) is 38.6 Å². The minimum atomic E-state index is -1.22. The van der Waals surface area contributed by atoms with Crippen LogP contribution in [0.5, 0.6) is 17.2 Å². The molecule has 5 unspecified atom stereocenters. The highest BCUT2D eigenvalue weighted by Crippen LogP contribution is 2.57. The van der Waals surface area contributed by atoms with E-state index in [0.717, 1.165) is 47.7 Å². The summed E-state index contributed by atoms with van der Waals surface area (Å²) in [5.74, 6) is -2.64. The molecule has 5 aliphatic rings. The lowest BCUT2D eigenvalue weighted by Crippen LogP contribution is -2.47. The molecule has 1 aromatic heterocycles. The number of ketones is 1. The molecule has 5 atom stereocenters. The van der Waals surface area contributed by atoms with Gasteiger partial charge < -0.3 is 44.4 Å². The summed E-state index contributed by atoms with van der Waals surface area (Å²) in [6.07, 6.45) is 6.94. The second-order valence-corrected chi connectivity index (χ2v) is 15.9. The number of allylic oxidation sites excluding steroid dienone is 3. The number of rotatable bonds is 8. The second-order valence-electron chi connectivity index (χ2n) is 15.9. The van der Waals surface area contributed by atoms with Crippen LogP contribution in [0.2, 0.25) is 0 Å². The number of esters is 1. The third-order valence-corrected chi connectivity index (χ3v) is 12.7. The van der Waals surface area contributed by atoms with Crippen molar-refractivity contribution < 1.29 is 53.8 Å². The number of H-pyrrole nitrogens is 1. The number of Topliss-reactive ketones (excluding diaryl/α,β-unsaturated/α-hetero) is 1. The summed E-state index contributed by atoms with van der Waals surface area (Å²) in [6.45, 7) is 2.29. The van der Waals surface area contributed by atoms with Gasteiger partial charge >= 0.3 is 5.97 Å². The van der Waals surface area contributed by atoms with Gasteiger partial charge in [-0.2, -0.15) is 0 Å². The van der Waals surface area contributed by atoms with E-state index in [4.69, 9.17) is 18.9 Å². The normalized spacial score (nSPS) is 25.0. The van der Waals surface area contributed by atoms with Crippen molar-refractivity contribution in [2.24, 2.45) is 17.8 Å². The molecule has 3 aromatic rings. The number of aromatic nitrogens is 1. The molecule has 0 saturated heterocycles. The quantitative estimate of drug-likeness (QED) is 0.158. The van der Waals surface area contributed by atoms with E-state index in [2.05, 4.69) is 4.98 Å². The summed E-state index contributed by atoms with van der Waals surface area (Å²) < 4.78 is 25.1. The van der Waals surface area contributed by atoms with E-state index in [0.29, 0.717) is 47.2 Å². The Morgan fingerprint density at radius 2 is 1.85 bits per heavy atom. The predicted molar refractivity (Wildman–Crippen MR) is 201 cm³/mol. The molecule has 12 nitrogen and oxygen atoms in total. The van der Waals surface area contributed by atoms with E-state index >= 15 is 0 Å². The van der Waals surface area contributed by atoms with Crippen LogP contribution in [-0.4, -0.2) is 81.6 Å². The van der Waals surface area contributed by atoms with Crippen molar-refractivity contribution in [1.29, 1.82) is 0 Å². The number of hydrogen-bond donors (Lipinski definition) is 5. The zero-order valence-corrected chi connectivity index (χ0v) is 31.3. The van der Waals surface area contributed by atoms with Gasteiger partial charge in [0.25, 0.3) is 0 Å². The fraction of sp³-hybridized carbons (Fsp3) is 0.512. The lowest BCUT2D eigenvalue weighted by molar-refractivity contribution is -0.141. The summed E-state index contributed by atoms with van der Waals surface area (Å²) in [5, 5.41) is 45.4. The standard InChI is InChI=1S/C43H49NO11/c1-3-52-42(50)41-31(19-47)35-25-12-26(18-46)37(49)29(14-25)28-13-24-10-11-44-33(24)15-23(28)9-8-22(17-45)21-53-39-30-16-34(43(2,51)27-6-4-5-7-27)54-38(30)32(20-48)40(55-41)36(35)39/h10-11,13,15,19,22,26-27,29,34,44-46,48,51H,3-9,12,14,16-18,20-21H2,1-2H3. The minimum Gasteiger partial charge on any atom is -0.492 e. The first kappa shape index (κ1) is 37.4. The molecule has 55 heavy (non-hydrogen) atoms. The van der Waals surface area contributed by atoms with E-state index in [-0.39, 0.29) is 85.1 Å². The van der Waals surface area contributed by atoms with Gasteiger partial charge in [0.05, 0.1) is 43.1 Å². The number of benzene rings is 2. The summed E-state index contributed by atoms with van der Waals surface area (Å²) in [6, 6.07) is 5.98. The molecule has 12 heteroatoms. The van der Waals surface area contributed by atoms with Crippen molar-refractivity contribution in [3.05, 3.63) is 69.1 Å². The van der Waals surface area contributed by atoms with E-state index in [1.807, 2.05) is 24.4 Å². The SMILES string of the molecule is CCOC(=O)C1=C(C=O)C2=C3CC(CO)C(=O)C(C3)c3cc4cc[nH]c4cc3CCC(CO)COc3c4c(c(CO)c(c32)O1)OC(C(C)(O)C1CCCC1)C4. The zero-order chi connectivity index (χ0) is 38.6. The Kier molecular flexibility index (Phi) is 10.1. The number of carbonyl (C=O) groups is 3. The van der Waals surface area contributed by atoms with Gasteiger partial charge in [0, 0.05) is 53.6 Å². The van der Waals surface area contributed by atoms with Gasteiger partial charge in [-0.25, -0.2) is 4.79 Å². The minimum absolute atomic E-state index is 0.000835. The first-order chi connectivity index (χ1) is 26.6. The Balaban J connectivity index is 1.41. The van der Waals surface area contributed by atoms with Gasteiger partial charge in [-0.1, -0.05) is 18.4 Å². The first-order valence-corrected chi connectivity index (χ1v) is 19.6. The monoisotopic (exact) mass is 755 g/mol. The van der Waals surface area contributed by atoms with Gasteiger partial charge in [0.2, 0.25) is 5.76 Å². The lowest BCUT2D eigenvalue weighted by Gasteiger charge is -2.35. The Morgan fingerprint density at radius 1 is 1.05 bits per heavy atom. The number of aryl methyl sites for hydroxylation is 1. The number of aromatic amines is 1. The molecule has 2 aromatic carbocycles. The molecule has 0 amide bonds. The highest BCUT2D eigenvalue weighted by atomic mass is 16.6. The largest absolute Gasteiger partial charge is 0.492 e. The van der Waals surface area contributed by atoms with Gasteiger partial charge in [-0.05, 0) is 93.0 Å². The molecule has 4 heterocycles. The van der Waals surface area contributed by atoms with Crippen molar-refractivity contribution in [3.8, 4) is 17.2 Å². The maximum Gasteiger partial charge on any atom is 0.375 e. The third-order valence-electron chi connectivity index (χ3n) is 12.7. The number of carbonyl (C=O) groups excluding carboxylic acids is 3. The van der Waals surface area contributed by atoms with Crippen LogP contribution in [0.3, 0.4) is 0 Å². The molecule has 0 spiro atoms. The summed E-state index contributed by atoms with van der Waals surface area (Å²) >= 11 is 0. The molecule has 292 valence electrons. The highest BCUT2D eigenvalue weighted by Gasteiger charge is 2.49. The Morgan fingerprint density at radius 3 is 2.56 bits per heavy atom. The molecule has 2 fully saturated rings. The lowest BCUT2D eigenvalue weighted by atomic mass is 9.70. The Hall–Kier alpha value is -4.49. The summed E-state index contributed by atoms with van der Waals surface area (Å²) in [7, 11) is 0. The first-order valence-electron chi connectivity index (χ1n) is 19.6. The van der Waals surface area contributed by atoms with Crippen LogP contribution >= 0.6 is 0 Å². The fourth-order valence-electron chi connectivity index (χ4n) is 9.69. The molecular formula is C43H49NO11. The van der Waals surface area contributed by atoms with Gasteiger partial charge in [0.15, 0.2) is 6.29 Å². The van der Waals surface area contributed by atoms with Gasteiger partial charge in [-0.3, -0.25) is 9.59 Å². The van der Waals surface area contributed by atoms with Crippen LogP contribution in [0.15, 0.2) is 41.3 Å². The average Bonchev–Trinajstić information content (AvgIpc) is 3.99. The number of hydrogen-bond acceptors (Lipinski definition) is 11. The van der Waals surface area contributed by atoms with E-state index in [1.54, 1.807) is 13.8 Å². The molecule has 2 aliphatic carbocycles. The van der Waals surface area contributed by atoms with Crippen molar-refractivity contribution in [3.63, 3.8) is 0 Å². The zero-order valence-electron chi connectivity index (χ0n) is 31.3. The van der Waals surface area contributed by atoms with Crippen LogP contribution in [0, 0.1) is 17.8 Å². The average molecular weight is 756 g/mol. The van der Waals surface area contributed by atoms with Crippen molar-refractivity contribution in [2.45, 2.75) is 95.9 Å². The van der Waals surface area contributed by atoms with E-state index in [9.17, 15) is 34.8 Å². The van der Waals surface area contributed by atoms with Gasteiger partial charge in [-0.15, -0.1) is 0 Å². The molecule has 3 aliphatic heterocycles. The van der Waals surface area contributed by atoms with Gasteiger partial charge in [0.1, 0.15) is 34.7 Å². The number of fused-ring (bicyclic) bond motifs is 7. The topological polar surface area (TPSA) is 185 Å². The van der Waals surface area contributed by atoms with Crippen LogP contribution in [0.1, 0.15) is 92.5 Å². The molecule has 0 radical (unpaired) electrons. The smallest absolute Gasteiger partial charge is 0.375 e. The van der Waals surface area contributed by atoms with Crippen molar-refractivity contribution in [2.75, 3.05) is 26.4 Å². The maximum absolute atomic E-state index is 14.3. The second kappa shape index (κ2) is 14.9. The molecular weight excluding hydrogens is 706 g/mol.